The average Bonchev–Trinajstić information content (AvgIpc) is 3.07. The van der Waals surface area contributed by atoms with E-state index in [4.69, 9.17) is 16.0 Å². The minimum atomic E-state index is -0.0452. The molecule has 0 saturated heterocycles. The van der Waals surface area contributed by atoms with Crippen LogP contribution in [0.15, 0.2) is 39.9 Å². The number of oxazole rings is 1. The minimum Gasteiger partial charge on any atom is -0.443 e. The molecule has 0 fully saturated rings. The summed E-state index contributed by atoms with van der Waals surface area (Å²) in [6.45, 7) is 10.4. The van der Waals surface area contributed by atoms with E-state index in [1.165, 1.54) is 5.56 Å². The van der Waals surface area contributed by atoms with Crippen LogP contribution in [0.3, 0.4) is 0 Å². The summed E-state index contributed by atoms with van der Waals surface area (Å²) in [6.07, 6.45) is 3.69. The lowest BCUT2D eigenvalue weighted by Gasteiger charge is -2.13. The highest BCUT2D eigenvalue weighted by Crippen LogP contribution is 2.22. The zero-order valence-corrected chi connectivity index (χ0v) is 19.6. The lowest BCUT2D eigenvalue weighted by atomic mass is 9.94. The summed E-state index contributed by atoms with van der Waals surface area (Å²) in [7, 11) is 0. The number of guanidine groups is 1. The topological polar surface area (TPSA) is 62.5 Å². The molecule has 1 heterocycles. The molecule has 1 aromatic heterocycles. The summed E-state index contributed by atoms with van der Waals surface area (Å²) < 4.78 is 5.78. The van der Waals surface area contributed by atoms with Gasteiger partial charge in [-0.05, 0) is 31.4 Å². The Balaban J connectivity index is 0.00000364. The molecule has 27 heavy (non-hydrogen) atoms. The van der Waals surface area contributed by atoms with Gasteiger partial charge in [0, 0.05) is 23.5 Å². The predicted molar refractivity (Wildman–Crippen MR) is 123 cm³/mol. The smallest absolute Gasteiger partial charge is 0.216 e. The van der Waals surface area contributed by atoms with Crippen LogP contribution in [0, 0.1) is 0 Å². The molecule has 150 valence electrons. The number of aromatic nitrogens is 1. The van der Waals surface area contributed by atoms with E-state index in [1.807, 2.05) is 25.1 Å². The second-order valence-corrected chi connectivity index (χ2v) is 7.59. The van der Waals surface area contributed by atoms with Crippen molar-refractivity contribution in [3.8, 4) is 0 Å². The van der Waals surface area contributed by atoms with Crippen molar-refractivity contribution >= 4 is 41.5 Å². The molecule has 1 aromatic carbocycles. The van der Waals surface area contributed by atoms with E-state index in [-0.39, 0.29) is 29.4 Å². The number of aryl methyl sites for hydroxylation is 1. The van der Waals surface area contributed by atoms with E-state index in [0.717, 1.165) is 42.7 Å². The van der Waals surface area contributed by atoms with Crippen LogP contribution in [-0.4, -0.2) is 24.0 Å². The van der Waals surface area contributed by atoms with Crippen LogP contribution >= 0.6 is 35.6 Å². The maximum Gasteiger partial charge on any atom is 0.216 e. The molecular formula is C20H30ClIN4O. The number of halogens is 2. The first kappa shape index (κ1) is 23.8. The zero-order valence-electron chi connectivity index (χ0n) is 16.5. The number of nitrogens with one attached hydrogen (secondary N) is 2. The summed E-state index contributed by atoms with van der Waals surface area (Å²) in [6, 6.07) is 7.96. The number of benzene rings is 1. The molecule has 0 unspecified atom stereocenters. The highest BCUT2D eigenvalue weighted by Gasteiger charge is 2.18. The number of nitrogens with zero attached hydrogens (tertiary/aromatic N) is 2. The van der Waals surface area contributed by atoms with Crippen LogP contribution in [0.2, 0.25) is 5.02 Å². The quantitative estimate of drug-likeness (QED) is 0.243. The first-order valence-electron chi connectivity index (χ1n) is 9.11. The Labute approximate surface area is 184 Å². The third-order valence-electron chi connectivity index (χ3n) is 3.88. The fraction of sp³-hybridized carbons (Fsp3) is 0.500. The Bertz CT molecular complexity index is 725. The molecular weight excluding hydrogens is 475 g/mol. The number of rotatable bonds is 7. The van der Waals surface area contributed by atoms with Gasteiger partial charge in [-0.3, -0.25) is 0 Å². The van der Waals surface area contributed by atoms with Gasteiger partial charge >= 0.3 is 0 Å². The van der Waals surface area contributed by atoms with Crippen LogP contribution in [0.1, 0.15) is 51.3 Å². The minimum absolute atomic E-state index is 0. The van der Waals surface area contributed by atoms with Gasteiger partial charge in [-0.25, -0.2) is 9.98 Å². The van der Waals surface area contributed by atoms with E-state index >= 15 is 0 Å². The Hall–Kier alpha value is -1.28. The van der Waals surface area contributed by atoms with Crippen molar-refractivity contribution in [2.45, 2.75) is 52.5 Å². The van der Waals surface area contributed by atoms with E-state index in [0.29, 0.717) is 12.4 Å². The van der Waals surface area contributed by atoms with Crippen LogP contribution in [0.5, 0.6) is 0 Å². The van der Waals surface area contributed by atoms with Gasteiger partial charge in [-0.1, -0.05) is 50.6 Å². The van der Waals surface area contributed by atoms with E-state index in [9.17, 15) is 0 Å². The maximum absolute atomic E-state index is 6.19. The highest BCUT2D eigenvalue weighted by atomic mass is 127. The second-order valence-electron chi connectivity index (χ2n) is 7.19. The molecule has 0 aliphatic heterocycles. The standard InChI is InChI=1S/C20H29ClN4O.HI/c1-5-22-19(23-12-8-10-15-9-6-7-11-16(15)21)25-14-18-24-13-17(26-18)20(2,3)4;/h6-7,9,11,13H,5,8,10,12,14H2,1-4H3,(H2,22,23,25);1H. The summed E-state index contributed by atoms with van der Waals surface area (Å²) in [4.78, 5) is 8.87. The molecule has 0 saturated carbocycles. The van der Waals surface area contributed by atoms with Gasteiger partial charge < -0.3 is 15.1 Å². The van der Waals surface area contributed by atoms with Crippen LogP contribution in [0.25, 0.3) is 0 Å². The summed E-state index contributed by atoms with van der Waals surface area (Å²) in [5, 5.41) is 7.41. The molecule has 2 aromatic rings. The van der Waals surface area contributed by atoms with Gasteiger partial charge in [0.25, 0.3) is 0 Å². The van der Waals surface area contributed by atoms with Crippen molar-refractivity contribution < 1.29 is 4.42 Å². The fourth-order valence-electron chi connectivity index (χ4n) is 2.41. The van der Waals surface area contributed by atoms with E-state index in [1.54, 1.807) is 6.20 Å². The molecule has 0 bridgehead atoms. The third-order valence-corrected chi connectivity index (χ3v) is 4.25. The normalized spacial score (nSPS) is 11.8. The van der Waals surface area contributed by atoms with Crippen molar-refractivity contribution in [1.29, 1.82) is 0 Å². The molecule has 5 nitrogen and oxygen atoms in total. The second kappa shape index (κ2) is 11.5. The largest absolute Gasteiger partial charge is 0.443 e. The molecule has 0 amide bonds. The van der Waals surface area contributed by atoms with Crippen LogP contribution in [0.4, 0.5) is 0 Å². The van der Waals surface area contributed by atoms with E-state index < -0.39 is 0 Å². The Morgan fingerprint density at radius 1 is 1.22 bits per heavy atom. The zero-order chi connectivity index (χ0) is 19.0. The van der Waals surface area contributed by atoms with Crippen LogP contribution in [-0.2, 0) is 18.4 Å². The van der Waals surface area contributed by atoms with E-state index in [2.05, 4.69) is 47.4 Å². The maximum atomic E-state index is 6.19. The van der Waals surface area contributed by atoms with Crippen molar-refractivity contribution in [2.75, 3.05) is 13.1 Å². The molecule has 0 spiro atoms. The molecule has 0 radical (unpaired) electrons. The lowest BCUT2D eigenvalue weighted by molar-refractivity contribution is 0.383. The Morgan fingerprint density at radius 3 is 2.59 bits per heavy atom. The molecule has 2 N–H and O–H groups in total. The van der Waals surface area contributed by atoms with Gasteiger partial charge in [0.15, 0.2) is 5.96 Å². The first-order chi connectivity index (χ1) is 12.4. The molecule has 0 aliphatic carbocycles. The van der Waals surface area contributed by atoms with Gasteiger partial charge in [0.1, 0.15) is 12.3 Å². The summed E-state index contributed by atoms with van der Waals surface area (Å²) in [5.74, 6) is 2.27. The number of hydrogen-bond acceptors (Lipinski definition) is 3. The van der Waals surface area contributed by atoms with Gasteiger partial charge in [0.05, 0.1) is 6.20 Å². The Kier molecular flexibility index (Phi) is 10.2. The lowest BCUT2D eigenvalue weighted by Crippen LogP contribution is -2.37. The van der Waals surface area contributed by atoms with Crippen molar-refractivity contribution in [3.63, 3.8) is 0 Å². The van der Waals surface area contributed by atoms with Crippen molar-refractivity contribution in [1.82, 2.24) is 15.6 Å². The predicted octanol–water partition coefficient (Wildman–Crippen LogP) is 4.93. The summed E-state index contributed by atoms with van der Waals surface area (Å²) in [5.41, 5.74) is 1.13. The van der Waals surface area contributed by atoms with Gasteiger partial charge in [-0.2, -0.15) is 0 Å². The molecule has 2 rings (SSSR count). The fourth-order valence-corrected chi connectivity index (χ4v) is 2.64. The molecule has 0 atom stereocenters. The van der Waals surface area contributed by atoms with Crippen molar-refractivity contribution in [2.24, 2.45) is 4.99 Å². The Morgan fingerprint density at radius 2 is 1.96 bits per heavy atom. The average molecular weight is 505 g/mol. The molecule has 0 aliphatic rings. The molecule has 7 heteroatoms. The van der Waals surface area contributed by atoms with Gasteiger partial charge in [0.2, 0.25) is 5.89 Å². The number of aliphatic imine (C=N–C) groups is 1. The SMILES string of the molecule is CCNC(=NCc1ncc(C(C)(C)C)o1)NCCCc1ccccc1Cl.I. The summed E-state index contributed by atoms with van der Waals surface area (Å²) >= 11 is 6.19. The number of hydrogen-bond donors (Lipinski definition) is 2. The first-order valence-corrected chi connectivity index (χ1v) is 9.48. The van der Waals surface area contributed by atoms with Crippen molar-refractivity contribution in [3.05, 3.63) is 52.7 Å². The third kappa shape index (κ3) is 8.09. The van der Waals surface area contributed by atoms with Crippen LogP contribution < -0.4 is 10.6 Å². The monoisotopic (exact) mass is 504 g/mol. The highest BCUT2D eigenvalue weighted by molar-refractivity contribution is 14.0. The van der Waals surface area contributed by atoms with Gasteiger partial charge in [-0.15, -0.1) is 24.0 Å².